The minimum atomic E-state index is -0.440. The number of benzene rings is 2. The Morgan fingerprint density at radius 3 is 1.96 bits per heavy atom. The number of nitrogens with zero attached hydrogens (tertiary/aromatic N) is 1. The summed E-state index contributed by atoms with van der Waals surface area (Å²) in [7, 11) is 0. The number of carbonyl (C=O) groups is 2. The lowest BCUT2D eigenvalue weighted by Gasteiger charge is -2.19. The van der Waals surface area contributed by atoms with Gasteiger partial charge in [-0.2, -0.15) is 0 Å². The van der Waals surface area contributed by atoms with Crippen molar-refractivity contribution in [3.05, 3.63) is 59.9 Å². The van der Waals surface area contributed by atoms with E-state index in [1.54, 1.807) is 24.3 Å². The molecule has 7 heteroatoms. The molecule has 2 aromatic rings. The van der Waals surface area contributed by atoms with Crippen molar-refractivity contribution in [1.82, 2.24) is 4.90 Å². The third kappa shape index (κ3) is 3.25. The Hall–Kier alpha value is -2.93. The summed E-state index contributed by atoms with van der Waals surface area (Å²) in [5, 5.41) is 5.29. The van der Waals surface area contributed by atoms with E-state index in [-0.39, 0.29) is 17.8 Å². The first-order valence-electron chi connectivity index (χ1n) is 8.50. The number of urea groups is 1. The fraction of sp³-hybridized carbons (Fsp3) is 0.263. The monoisotopic (exact) mass is 354 g/mol. The van der Waals surface area contributed by atoms with Crippen molar-refractivity contribution < 1.29 is 14.0 Å². The highest BCUT2D eigenvalue weighted by atomic mass is 19.1. The van der Waals surface area contributed by atoms with E-state index in [1.807, 2.05) is 4.90 Å². The standard InChI is InChI=1S/C19H19FN4O2/c20-12-3-7-14(8-4-12)23-19(26)22-13-5-1-11(2-6-13)18(25)24-9-15-16(10-24)17(15)21/h1-8,15-17H,9-10,21H2,(H2,22,23,26). The van der Waals surface area contributed by atoms with Gasteiger partial charge in [-0.1, -0.05) is 0 Å². The number of anilines is 2. The van der Waals surface area contributed by atoms with Crippen LogP contribution in [0.25, 0.3) is 0 Å². The topological polar surface area (TPSA) is 87.5 Å². The molecule has 3 amide bonds. The third-order valence-corrected chi connectivity index (χ3v) is 5.04. The van der Waals surface area contributed by atoms with Gasteiger partial charge in [-0.15, -0.1) is 0 Å². The van der Waals surface area contributed by atoms with Gasteiger partial charge in [0.05, 0.1) is 0 Å². The zero-order valence-electron chi connectivity index (χ0n) is 14.0. The Morgan fingerprint density at radius 2 is 1.42 bits per heavy atom. The summed E-state index contributed by atoms with van der Waals surface area (Å²) in [6.45, 7) is 1.45. The van der Waals surface area contributed by atoms with Crippen molar-refractivity contribution in [2.75, 3.05) is 23.7 Å². The van der Waals surface area contributed by atoms with Gasteiger partial charge in [0, 0.05) is 36.1 Å². The lowest BCUT2D eigenvalue weighted by Crippen LogP contribution is -2.33. The molecule has 1 aliphatic carbocycles. The molecule has 1 heterocycles. The summed E-state index contributed by atoms with van der Waals surface area (Å²) in [4.78, 5) is 26.3. The van der Waals surface area contributed by atoms with E-state index in [4.69, 9.17) is 5.73 Å². The van der Waals surface area contributed by atoms with Crippen LogP contribution in [-0.2, 0) is 0 Å². The Bertz CT molecular complexity index is 826. The second-order valence-corrected chi connectivity index (χ2v) is 6.78. The maximum absolute atomic E-state index is 12.9. The van der Waals surface area contributed by atoms with E-state index in [1.165, 1.54) is 24.3 Å². The minimum absolute atomic E-state index is 0.00767. The Kier molecular flexibility index (Phi) is 4.08. The van der Waals surface area contributed by atoms with E-state index in [0.717, 1.165) is 13.1 Å². The van der Waals surface area contributed by atoms with E-state index >= 15 is 0 Å². The lowest BCUT2D eigenvalue weighted by molar-refractivity contribution is 0.0773. The molecule has 0 radical (unpaired) electrons. The van der Waals surface area contributed by atoms with Crippen LogP contribution in [0.1, 0.15) is 10.4 Å². The van der Waals surface area contributed by atoms with Gasteiger partial charge in [-0.05, 0) is 60.4 Å². The van der Waals surface area contributed by atoms with Crippen molar-refractivity contribution in [1.29, 1.82) is 0 Å². The van der Waals surface area contributed by atoms with Gasteiger partial charge in [0.2, 0.25) is 0 Å². The zero-order chi connectivity index (χ0) is 18.3. The van der Waals surface area contributed by atoms with Crippen LogP contribution in [0.4, 0.5) is 20.6 Å². The SMILES string of the molecule is NC1C2CN(C(=O)c3ccc(NC(=O)Nc4ccc(F)cc4)cc3)CC12. The maximum Gasteiger partial charge on any atom is 0.323 e. The summed E-state index contributed by atoms with van der Waals surface area (Å²) in [5.74, 6) is 0.533. The Balaban J connectivity index is 1.33. The molecule has 134 valence electrons. The van der Waals surface area contributed by atoms with Gasteiger partial charge in [0.25, 0.3) is 5.91 Å². The number of carbonyl (C=O) groups excluding carboxylic acids is 2. The molecule has 1 aliphatic heterocycles. The number of likely N-dealkylation sites (tertiary alicyclic amines) is 1. The van der Waals surface area contributed by atoms with Gasteiger partial charge >= 0.3 is 6.03 Å². The molecule has 0 bridgehead atoms. The van der Waals surface area contributed by atoms with Crippen molar-refractivity contribution in [2.45, 2.75) is 6.04 Å². The predicted molar refractivity (Wildman–Crippen MR) is 96.3 cm³/mol. The second-order valence-electron chi connectivity index (χ2n) is 6.78. The molecule has 6 nitrogen and oxygen atoms in total. The molecule has 1 saturated heterocycles. The Morgan fingerprint density at radius 1 is 0.923 bits per heavy atom. The number of hydrogen-bond donors (Lipinski definition) is 3. The second kappa shape index (κ2) is 6.42. The summed E-state index contributed by atoms with van der Waals surface area (Å²) in [6, 6.07) is 12.1. The van der Waals surface area contributed by atoms with Crippen LogP contribution < -0.4 is 16.4 Å². The quantitative estimate of drug-likeness (QED) is 0.791. The summed E-state index contributed by atoms with van der Waals surface area (Å²) >= 11 is 0. The van der Waals surface area contributed by atoms with Crippen molar-refractivity contribution in [2.24, 2.45) is 17.6 Å². The molecule has 1 saturated carbocycles. The Labute approximate surface area is 150 Å². The average Bonchev–Trinajstić information content (AvgIpc) is 3.05. The summed E-state index contributed by atoms with van der Waals surface area (Å²) in [5.41, 5.74) is 7.54. The van der Waals surface area contributed by atoms with E-state index in [0.29, 0.717) is 28.8 Å². The number of nitrogens with two attached hydrogens (primary N) is 1. The maximum atomic E-state index is 12.9. The number of hydrogen-bond acceptors (Lipinski definition) is 3. The average molecular weight is 354 g/mol. The number of amides is 3. The largest absolute Gasteiger partial charge is 0.338 e. The molecule has 2 fully saturated rings. The fourth-order valence-corrected chi connectivity index (χ4v) is 3.44. The van der Waals surface area contributed by atoms with Crippen LogP contribution in [0.5, 0.6) is 0 Å². The lowest BCUT2D eigenvalue weighted by atomic mass is 10.1. The van der Waals surface area contributed by atoms with Crippen LogP contribution in [0.3, 0.4) is 0 Å². The highest BCUT2D eigenvalue weighted by Crippen LogP contribution is 2.44. The normalized spacial score (nSPS) is 23.3. The highest BCUT2D eigenvalue weighted by Gasteiger charge is 2.54. The van der Waals surface area contributed by atoms with Gasteiger partial charge in [0.1, 0.15) is 5.82 Å². The molecule has 2 unspecified atom stereocenters. The van der Waals surface area contributed by atoms with E-state index < -0.39 is 6.03 Å². The molecule has 4 N–H and O–H groups in total. The first kappa shape index (κ1) is 16.5. The molecule has 0 aromatic heterocycles. The van der Waals surface area contributed by atoms with Crippen molar-refractivity contribution in [3.63, 3.8) is 0 Å². The molecule has 0 spiro atoms. The summed E-state index contributed by atoms with van der Waals surface area (Å²) in [6.07, 6.45) is 0. The van der Waals surface area contributed by atoms with Crippen LogP contribution in [-0.4, -0.2) is 36.0 Å². The number of fused-ring (bicyclic) bond motifs is 1. The number of rotatable bonds is 3. The molecule has 2 aliphatic rings. The number of nitrogens with one attached hydrogen (secondary N) is 2. The molecular formula is C19H19FN4O2. The third-order valence-electron chi connectivity index (χ3n) is 5.04. The molecule has 4 rings (SSSR count). The molecule has 2 aromatic carbocycles. The van der Waals surface area contributed by atoms with E-state index in [2.05, 4.69) is 10.6 Å². The van der Waals surface area contributed by atoms with Gasteiger partial charge in [0.15, 0.2) is 0 Å². The highest BCUT2D eigenvalue weighted by molar-refractivity contribution is 6.00. The molecular weight excluding hydrogens is 335 g/mol. The first-order valence-corrected chi connectivity index (χ1v) is 8.50. The van der Waals surface area contributed by atoms with Crippen LogP contribution in [0.2, 0.25) is 0 Å². The smallest absolute Gasteiger partial charge is 0.323 e. The zero-order valence-corrected chi connectivity index (χ0v) is 14.0. The van der Waals surface area contributed by atoms with E-state index in [9.17, 15) is 14.0 Å². The number of halogens is 1. The van der Waals surface area contributed by atoms with Crippen LogP contribution in [0.15, 0.2) is 48.5 Å². The van der Waals surface area contributed by atoms with Crippen molar-refractivity contribution in [3.8, 4) is 0 Å². The molecule has 2 atom stereocenters. The van der Waals surface area contributed by atoms with Crippen LogP contribution >= 0.6 is 0 Å². The minimum Gasteiger partial charge on any atom is -0.338 e. The van der Waals surface area contributed by atoms with Gasteiger partial charge < -0.3 is 21.3 Å². The predicted octanol–water partition coefficient (Wildman–Crippen LogP) is 2.50. The first-order chi connectivity index (χ1) is 12.5. The van der Waals surface area contributed by atoms with Gasteiger partial charge in [-0.25, -0.2) is 9.18 Å². The molecule has 26 heavy (non-hydrogen) atoms. The number of piperidine rings is 1. The fourth-order valence-electron chi connectivity index (χ4n) is 3.44. The van der Waals surface area contributed by atoms with Crippen LogP contribution in [0, 0.1) is 17.7 Å². The summed E-state index contributed by atoms with van der Waals surface area (Å²) < 4.78 is 12.9. The van der Waals surface area contributed by atoms with Crippen molar-refractivity contribution >= 4 is 23.3 Å². The van der Waals surface area contributed by atoms with Gasteiger partial charge in [-0.3, -0.25) is 4.79 Å².